The monoisotopic (exact) mass is 278 g/mol. The highest BCUT2D eigenvalue weighted by atomic mass is 32.2. The molecule has 0 unspecified atom stereocenters. The van der Waals surface area contributed by atoms with E-state index < -0.39 is 9.84 Å². The number of hydrogen-bond acceptors (Lipinski definition) is 3. The fraction of sp³-hybridized carbons (Fsp3) is 0.467. The Morgan fingerprint density at radius 3 is 2.58 bits per heavy atom. The Hall–Kier alpha value is -1.29. The Kier molecular flexibility index (Phi) is 3.35. The highest BCUT2D eigenvalue weighted by molar-refractivity contribution is 7.94. The van der Waals surface area contributed by atoms with Crippen LogP contribution in [0.1, 0.15) is 32.1 Å². The van der Waals surface area contributed by atoms with Crippen LogP contribution in [-0.4, -0.2) is 14.5 Å². The van der Waals surface area contributed by atoms with Gasteiger partial charge < -0.3 is 4.74 Å². The molecule has 19 heavy (non-hydrogen) atoms. The molecule has 1 aliphatic carbocycles. The van der Waals surface area contributed by atoms with E-state index in [1.54, 1.807) is 24.3 Å². The van der Waals surface area contributed by atoms with Crippen LogP contribution in [-0.2, 0) is 14.6 Å². The minimum absolute atomic E-state index is 0.242. The first-order valence-electron chi connectivity index (χ1n) is 6.82. The topological polar surface area (TPSA) is 43.4 Å². The first kappa shape index (κ1) is 12.7. The Labute approximate surface area is 114 Å². The van der Waals surface area contributed by atoms with E-state index in [1.807, 2.05) is 6.07 Å². The second kappa shape index (κ2) is 5.00. The summed E-state index contributed by atoms with van der Waals surface area (Å²) in [5.74, 6) is 1.16. The van der Waals surface area contributed by atoms with Gasteiger partial charge in [-0.15, -0.1) is 0 Å². The van der Waals surface area contributed by atoms with Gasteiger partial charge in [-0.25, -0.2) is 8.42 Å². The van der Waals surface area contributed by atoms with Crippen LogP contribution in [0.25, 0.3) is 0 Å². The van der Waals surface area contributed by atoms with Gasteiger partial charge in [0.2, 0.25) is 9.84 Å². The van der Waals surface area contributed by atoms with E-state index in [0.717, 1.165) is 19.3 Å². The molecule has 0 N–H and O–H groups in total. The van der Waals surface area contributed by atoms with Gasteiger partial charge in [0.25, 0.3) is 0 Å². The summed E-state index contributed by atoms with van der Waals surface area (Å²) in [6.45, 7) is 0. The zero-order valence-electron chi connectivity index (χ0n) is 10.8. The third-order valence-corrected chi connectivity index (χ3v) is 5.47. The molecule has 3 nitrogen and oxygen atoms in total. The van der Waals surface area contributed by atoms with E-state index in [1.165, 1.54) is 18.2 Å². The van der Waals surface area contributed by atoms with Crippen molar-refractivity contribution >= 4 is 9.84 Å². The minimum atomic E-state index is -3.37. The first-order chi connectivity index (χ1) is 9.15. The number of rotatable bonds is 2. The van der Waals surface area contributed by atoms with Crippen LogP contribution in [0.2, 0.25) is 0 Å². The molecule has 1 saturated carbocycles. The summed E-state index contributed by atoms with van der Waals surface area (Å²) >= 11 is 0. The lowest BCUT2D eigenvalue weighted by Gasteiger charge is -2.22. The van der Waals surface area contributed by atoms with Crippen LogP contribution in [0.15, 0.2) is 46.4 Å². The highest BCUT2D eigenvalue weighted by Crippen LogP contribution is 2.39. The van der Waals surface area contributed by atoms with Gasteiger partial charge in [-0.3, -0.25) is 0 Å². The molecule has 2 atom stereocenters. The van der Waals surface area contributed by atoms with Crippen molar-refractivity contribution in [1.82, 2.24) is 0 Å². The molecule has 1 aliphatic heterocycles. The van der Waals surface area contributed by atoms with Gasteiger partial charge in [-0.05, 0) is 31.4 Å². The predicted molar refractivity (Wildman–Crippen MR) is 73.2 cm³/mol. The molecule has 4 heteroatoms. The average molecular weight is 278 g/mol. The Balaban J connectivity index is 1.83. The predicted octanol–water partition coefficient (Wildman–Crippen LogP) is 3.28. The fourth-order valence-corrected chi connectivity index (χ4v) is 4.16. The van der Waals surface area contributed by atoms with Gasteiger partial charge in [0.05, 0.1) is 10.3 Å². The average Bonchev–Trinajstić information content (AvgIpc) is 2.81. The molecular formula is C15H18O3S. The molecule has 0 bridgehead atoms. The van der Waals surface area contributed by atoms with Gasteiger partial charge in [0.15, 0.2) is 0 Å². The molecule has 2 aliphatic rings. The van der Waals surface area contributed by atoms with Gasteiger partial charge in [-0.1, -0.05) is 24.6 Å². The summed E-state index contributed by atoms with van der Waals surface area (Å²) in [6, 6.07) is 8.52. The Morgan fingerprint density at radius 1 is 1.11 bits per heavy atom. The van der Waals surface area contributed by atoms with Crippen molar-refractivity contribution < 1.29 is 13.2 Å². The summed E-state index contributed by atoms with van der Waals surface area (Å²) in [7, 11) is -3.37. The second-order valence-corrected chi connectivity index (χ2v) is 7.14. The number of allylic oxidation sites excluding steroid dienone is 1. The van der Waals surface area contributed by atoms with Crippen LogP contribution < -0.4 is 0 Å². The van der Waals surface area contributed by atoms with Crippen molar-refractivity contribution in [1.29, 1.82) is 0 Å². The summed E-state index contributed by atoms with van der Waals surface area (Å²) in [4.78, 5) is 0.334. The van der Waals surface area contributed by atoms with Crippen LogP contribution in [0, 0.1) is 5.92 Å². The lowest BCUT2D eigenvalue weighted by Crippen LogP contribution is -2.19. The van der Waals surface area contributed by atoms with Crippen LogP contribution in [0.4, 0.5) is 0 Å². The Morgan fingerprint density at radius 2 is 1.84 bits per heavy atom. The molecule has 0 radical (unpaired) electrons. The van der Waals surface area contributed by atoms with Crippen molar-refractivity contribution in [2.24, 2.45) is 5.92 Å². The maximum absolute atomic E-state index is 12.2. The van der Waals surface area contributed by atoms with E-state index in [-0.39, 0.29) is 6.10 Å². The van der Waals surface area contributed by atoms with Gasteiger partial charge in [0, 0.05) is 12.3 Å². The van der Waals surface area contributed by atoms with Crippen LogP contribution in [0.5, 0.6) is 0 Å². The molecule has 1 heterocycles. The minimum Gasteiger partial charge on any atom is -0.494 e. The summed E-state index contributed by atoms with van der Waals surface area (Å²) in [6.07, 6.45) is 5.67. The van der Waals surface area contributed by atoms with E-state index in [2.05, 4.69) is 0 Å². The van der Waals surface area contributed by atoms with E-state index in [0.29, 0.717) is 16.6 Å². The molecule has 1 aromatic carbocycles. The SMILES string of the molecule is O=S(=O)(/C=C1\C[C@@H]2CCCC[C@H]2O1)c1ccccc1. The van der Waals surface area contributed by atoms with Gasteiger partial charge in [0.1, 0.15) is 11.9 Å². The smallest absolute Gasteiger partial charge is 0.203 e. The third kappa shape index (κ3) is 2.68. The zero-order valence-corrected chi connectivity index (χ0v) is 11.6. The van der Waals surface area contributed by atoms with E-state index in [9.17, 15) is 8.42 Å². The Bertz CT molecular complexity index is 559. The normalized spacial score (nSPS) is 28.9. The molecule has 102 valence electrons. The first-order valence-corrected chi connectivity index (χ1v) is 8.37. The van der Waals surface area contributed by atoms with Crippen molar-refractivity contribution in [2.75, 3.05) is 0 Å². The second-order valence-electron chi connectivity index (χ2n) is 5.35. The number of fused-ring (bicyclic) bond motifs is 1. The standard InChI is InChI=1S/C15H18O3S/c16-19(17,14-7-2-1-3-8-14)11-13-10-12-6-4-5-9-15(12)18-13/h1-3,7-8,11-12,15H,4-6,9-10H2/b13-11+/t12-,15+/m0/s1. The quantitative estimate of drug-likeness (QED) is 0.834. The summed E-state index contributed by atoms with van der Waals surface area (Å²) in [5.41, 5.74) is 0. The van der Waals surface area contributed by atoms with Crippen molar-refractivity contribution in [3.05, 3.63) is 41.5 Å². The number of benzene rings is 1. The van der Waals surface area contributed by atoms with Crippen LogP contribution >= 0.6 is 0 Å². The van der Waals surface area contributed by atoms with Crippen molar-refractivity contribution in [3.63, 3.8) is 0 Å². The summed E-state index contributed by atoms with van der Waals surface area (Å²) < 4.78 is 30.3. The zero-order chi connectivity index (χ0) is 13.3. The van der Waals surface area contributed by atoms with Crippen molar-refractivity contribution in [3.8, 4) is 0 Å². The lowest BCUT2D eigenvalue weighted by atomic mass is 9.86. The number of hydrogen-bond donors (Lipinski definition) is 0. The molecule has 1 saturated heterocycles. The maximum atomic E-state index is 12.2. The highest BCUT2D eigenvalue weighted by Gasteiger charge is 2.34. The number of ether oxygens (including phenoxy) is 1. The molecule has 0 aromatic heterocycles. The lowest BCUT2D eigenvalue weighted by molar-refractivity contribution is 0.0981. The molecule has 0 amide bonds. The van der Waals surface area contributed by atoms with Gasteiger partial charge >= 0.3 is 0 Å². The molecule has 1 aromatic rings. The van der Waals surface area contributed by atoms with Crippen LogP contribution in [0.3, 0.4) is 0 Å². The largest absolute Gasteiger partial charge is 0.494 e. The van der Waals surface area contributed by atoms with Crippen molar-refractivity contribution in [2.45, 2.75) is 43.1 Å². The van der Waals surface area contributed by atoms with E-state index >= 15 is 0 Å². The maximum Gasteiger partial charge on any atom is 0.203 e. The molecule has 2 fully saturated rings. The van der Waals surface area contributed by atoms with E-state index in [4.69, 9.17) is 4.74 Å². The molecule has 0 spiro atoms. The summed E-state index contributed by atoms with van der Waals surface area (Å²) in [5, 5.41) is 1.32. The fourth-order valence-electron chi connectivity index (χ4n) is 2.99. The number of sulfone groups is 1. The molecular weight excluding hydrogens is 260 g/mol. The third-order valence-electron chi connectivity index (χ3n) is 3.96. The van der Waals surface area contributed by atoms with Gasteiger partial charge in [-0.2, -0.15) is 0 Å². The molecule has 3 rings (SSSR count).